The molecule has 1 aliphatic heterocycles. The van der Waals surface area contributed by atoms with E-state index >= 15 is 0 Å². The number of hydrogen-bond acceptors (Lipinski definition) is 5. The van der Waals surface area contributed by atoms with E-state index in [4.69, 9.17) is 9.26 Å². The molecule has 3 unspecified atom stereocenters. The highest BCUT2D eigenvalue weighted by molar-refractivity contribution is 5.03. The highest BCUT2D eigenvalue weighted by atomic mass is 16.5. The maximum atomic E-state index is 5.58. The standard InChI is InChI=1S/C14H25N3O2/c1-4-7-15-12-6-8-18-9-11(12)14-16-13(17-19-14)10(3)5-2/h10-12,15H,4-9H2,1-3H3. The smallest absolute Gasteiger partial charge is 0.233 e. The van der Waals surface area contributed by atoms with E-state index in [1.165, 1.54) is 0 Å². The first-order valence-electron chi connectivity index (χ1n) is 7.40. The monoisotopic (exact) mass is 267 g/mol. The van der Waals surface area contributed by atoms with Gasteiger partial charge < -0.3 is 14.6 Å². The van der Waals surface area contributed by atoms with E-state index in [-0.39, 0.29) is 5.92 Å². The number of aromatic nitrogens is 2. The first-order valence-corrected chi connectivity index (χ1v) is 7.40. The second-order valence-corrected chi connectivity index (χ2v) is 5.33. The second-order valence-electron chi connectivity index (χ2n) is 5.33. The van der Waals surface area contributed by atoms with Gasteiger partial charge >= 0.3 is 0 Å². The zero-order chi connectivity index (χ0) is 13.7. The molecule has 1 saturated heterocycles. The Morgan fingerprint density at radius 3 is 3.00 bits per heavy atom. The summed E-state index contributed by atoms with van der Waals surface area (Å²) in [6, 6.07) is 0.388. The van der Waals surface area contributed by atoms with Gasteiger partial charge in [0.2, 0.25) is 5.89 Å². The summed E-state index contributed by atoms with van der Waals surface area (Å²) in [6.07, 6.45) is 3.16. The summed E-state index contributed by atoms with van der Waals surface area (Å²) in [5.74, 6) is 2.08. The quantitative estimate of drug-likeness (QED) is 0.858. The first-order chi connectivity index (χ1) is 9.26. The fourth-order valence-corrected chi connectivity index (χ4v) is 2.34. The van der Waals surface area contributed by atoms with Gasteiger partial charge in [0.25, 0.3) is 0 Å². The second kappa shape index (κ2) is 7.01. The summed E-state index contributed by atoms with van der Waals surface area (Å²) >= 11 is 0. The lowest BCUT2D eigenvalue weighted by Crippen LogP contribution is -2.41. The molecule has 0 aliphatic carbocycles. The van der Waals surface area contributed by atoms with E-state index < -0.39 is 0 Å². The average Bonchev–Trinajstić information content (AvgIpc) is 2.94. The summed E-state index contributed by atoms with van der Waals surface area (Å²) in [4.78, 5) is 4.57. The predicted molar refractivity (Wildman–Crippen MR) is 73.3 cm³/mol. The van der Waals surface area contributed by atoms with Crippen LogP contribution in [0.5, 0.6) is 0 Å². The molecule has 3 atom stereocenters. The van der Waals surface area contributed by atoms with Crippen molar-refractivity contribution in [2.45, 2.75) is 57.9 Å². The Bertz CT molecular complexity index is 381. The number of nitrogens with zero attached hydrogens (tertiary/aromatic N) is 2. The molecule has 1 aromatic heterocycles. The van der Waals surface area contributed by atoms with Gasteiger partial charge in [-0.2, -0.15) is 4.98 Å². The van der Waals surface area contributed by atoms with Gasteiger partial charge in [-0.05, 0) is 25.8 Å². The van der Waals surface area contributed by atoms with Crippen molar-refractivity contribution in [2.75, 3.05) is 19.8 Å². The first kappa shape index (κ1) is 14.5. The molecule has 108 valence electrons. The van der Waals surface area contributed by atoms with Crippen LogP contribution in [0.4, 0.5) is 0 Å². The van der Waals surface area contributed by atoms with Gasteiger partial charge in [0.15, 0.2) is 5.82 Å². The molecule has 0 saturated carbocycles. The summed E-state index contributed by atoms with van der Waals surface area (Å²) in [6.45, 7) is 8.94. The minimum atomic E-state index is 0.186. The fourth-order valence-electron chi connectivity index (χ4n) is 2.34. The zero-order valence-electron chi connectivity index (χ0n) is 12.2. The SMILES string of the molecule is CCCNC1CCOCC1c1nc(C(C)CC)no1. The molecule has 0 radical (unpaired) electrons. The van der Waals surface area contributed by atoms with Crippen LogP contribution in [0.25, 0.3) is 0 Å². The van der Waals surface area contributed by atoms with Crippen molar-refractivity contribution < 1.29 is 9.26 Å². The molecule has 19 heavy (non-hydrogen) atoms. The van der Waals surface area contributed by atoms with E-state index in [1.807, 2.05) is 0 Å². The molecule has 0 bridgehead atoms. The van der Waals surface area contributed by atoms with E-state index in [1.54, 1.807) is 0 Å². The Labute approximate surface area is 115 Å². The van der Waals surface area contributed by atoms with Crippen molar-refractivity contribution >= 4 is 0 Å². The fraction of sp³-hybridized carbons (Fsp3) is 0.857. The maximum Gasteiger partial charge on any atom is 0.233 e. The predicted octanol–water partition coefficient (Wildman–Crippen LogP) is 2.46. The molecule has 1 aliphatic rings. The Hall–Kier alpha value is -0.940. The lowest BCUT2D eigenvalue weighted by Gasteiger charge is -2.29. The normalized spacial score (nSPS) is 25.4. The van der Waals surface area contributed by atoms with Crippen LogP contribution in [0.3, 0.4) is 0 Å². The molecule has 1 aromatic rings. The van der Waals surface area contributed by atoms with Crippen molar-refractivity contribution in [1.82, 2.24) is 15.5 Å². The van der Waals surface area contributed by atoms with Crippen molar-refractivity contribution in [3.8, 4) is 0 Å². The number of rotatable bonds is 6. The summed E-state index contributed by atoms with van der Waals surface area (Å²) < 4.78 is 11.0. The molecule has 0 amide bonds. The summed E-state index contributed by atoms with van der Waals surface area (Å²) in [7, 11) is 0. The Balaban J connectivity index is 2.06. The van der Waals surface area contributed by atoms with E-state index in [9.17, 15) is 0 Å². The third-order valence-electron chi connectivity index (χ3n) is 3.84. The van der Waals surface area contributed by atoms with Crippen LogP contribution in [0.15, 0.2) is 4.52 Å². The van der Waals surface area contributed by atoms with Crippen molar-refractivity contribution in [2.24, 2.45) is 0 Å². The van der Waals surface area contributed by atoms with Crippen molar-refractivity contribution in [3.05, 3.63) is 11.7 Å². The van der Waals surface area contributed by atoms with E-state index in [0.29, 0.717) is 18.6 Å². The van der Waals surface area contributed by atoms with Crippen molar-refractivity contribution in [3.63, 3.8) is 0 Å². The Kier molecular flexibility index (Phi) is 5.34. The number of nitrogens with one attached hydrogen (secondary N) is 1. The van der Waals surface area contributed by atoms with Crippen LogP contribution in [0.1, 0.15) is 63.6 Å². The Morgan fingerprint density at radius 1 is 1.42 bits per heavy atom. The summed E-state index contributed by atoms with van der Waals surface area (Å²) in [5.41, 5.74) is 0. The third-order valence-corrected chi connectivity index (χ3v) is 3.84. The van der Waals surface area contributed by atoms with Crippen LogP contribution in [0, 0.1) is 0 Å². The molecule has 1 fully saturated rings. The van der Waals surface area contributed by atoms with Crippen LogP contribution in [-0.4, -0.2) is 35.9 Å². The average molecular weight is 267 g/mol. The molecular weight excluding hydrogens is 242 g/mol. The molecule has 1 N–H and O–H groups in total. The van der Waals surface area contributed by atoms with Gasteiger partial charge in [0.05, 0.1) is 12.5 Å². The van der Waals surface area contributed by atoms with Gasteiger partial charge in [-0.3, -0.25) is 0 Å². The molecule has 0 aromatic carbocycles. The summed E-state index contributed by atoms with van der Waals surface area (Å²) in [5, 5.41) is 7.67. The molecule has 0 spiro atoms. The van der Waals surface area contributed by atoms with Gasteiger partial charge in [-0.25, -0.2) is 0 Å². The van der Waals surface area contributed by atoms with Gasteiger partial charge in [-0.15, -0.1) is 0 Å². The van der Waals surface area contributed by atoms with E-state index in [0.717, 1.165) is 44.1 Å². The van der Waals surface area contributed by atoms with Crippen molar-refractivity contribution in [1.29, 1.82) is 0 Å². The lowest BCUT2D eigenvalue weighted by molar-refractivity contribution is 0.0498. The molecule has 2 rings (SSSR count). The number of ether oxygens (including phenoxy) is 1. The van der Waals surface area contributed by atoms with Gasteiger partial charge in [-0.1, -0.05) is 25.9 Å². The lowest BCUT2D eigenvalue weighted by atomic mass is 9.95. The minimum Gasteiger partial charge on any atom is -0.381 e. The van der Waals surface area contributed by atoms with Gasteiger partial charge in [0, 0.05) is 18.6 Å². The maximum absolute atomic E-state index is 5.58. The third kappa shape index (κ3) is 3.54. The van der Waals surface area contributed by atoms with Gasteiger partial charge in [0.1, 0.15) is 0 Å². The molecule has 5 nitrogen and oxygen atoms in total. The van der Waals surface area contributed by atoms with Crippen LogP contribution >= 0.6 is 0 Å². The van der Waals surface area contributed by atoms with Crippen LogP contribution in [0.2, 0.25) is 0 Å². The minimum absolute atomic E-state index is 0.186. The highest BCUT2D eigenvalue weighted by Gasteiger charge is 2.31. The largest absolute Gasteiger partial charge is 0.381 e. The zero-order valence-corrected chi connectivity index (χ0v) is 12.2. The van der Waals surface area contributed by atoms with Crippen LogP contribution in [-0.2, 0) is 4.74 Å². The molecule has 5 heteroatoms. The highest BCUT2D eigenvalue weighted by Crippen LogP contribution is 2.26. The number of hydrogen-bond donors (Lipinski definition) is 1. The Morgan fingerprint density at radius 2 is 2.26 bits per heavy atom. The topological polar surface area (TPSA) is 60.2 Å². The van der Waals surface area contributed by atoms with E-state index in [2.05, 4.69) is 36.2 Å². The van der Waals surface area contributed by atoms with Crippen LogP contribution < -0.4 is 5.32 Å². The molecular formula is C14H25N3O2. The molecule has 2 heterocycles.